The van der Waals surface area contributed by atoms with Crippen molar-refractivity contribution in [1.82, 2.24) is 10.5 Å². The van der Waals surface area contributed by atoms with Crippen molar-refractivity contribution in [3.05, 3.63) is 131 Å². The van der Waals surface area contributed by atoms with Gasteiger partial charge in [0.1, 0.15) is 16.7 Å². The van der Waals surface area contributed by atoms with E-state index in [-0.39, 0.29) is 11.6 Å². The first-order valence-corrected chi connectivity index (χ1v) is 15.9. The Morgan fingerprint density at radius 2 is 1.43 bits per heavy atom. The molecule has 1 heterocycles. The molecule has 12 heteroatoms. The van der Waals surface area contributed by atoms with E-state index in [1.807, 2.05) is 30.3 Å². The van der Waals surface area contributed by atoms with Gasteiger partial charge in [-0.2, -0.15) is 0 Å². The zero-order valence-corrected chi connectivity index (χ0v) is 28.0. The number of thioether (sulfide) groups is 1. The quantitative estimate of drug-likeness (QED) is 0.0897. The molecule has 1 aromatic heterocycles. The SMILES string of the molecule is COc1cc(/C=C(\NC(=O)c2ccccc2)C(=O)Nc2ccc(SC(C(=O)Nc3cc(C)on3)c3ccccc3)cc2)cc(OC)c1OC. The molecule has 250 valence electrons. The molecule has 0 aliphatic carbocycles. The van der Waals surface area contributed by atoms with E-state index in [2.05, 4.69) is 21.1 Å². The molecule has 1 atom stereocenters. The molecular weight excluding hydrogens is 644 g/mol. The second-order valence-electron chi connectivity index (χ2n) is 10.5. The highest BCUT2D eigenvalue weighted by atomic mass is 32.2. The Kier molecular flexibility index (Phi) is 11.4. The first-order valence-electron chi connectivity index (χ1n) is 15.0. The summed E-state index contributed by atoms with van der Waals surface area (Å²) >= 11 is 1.34. The van der Waals surface area contributed by atoms with Gasteiger partial charge in [0.05, 0.1) is 21.3 Å². The minimum absolute atomic E-state index is 0.0227. The number of rotatable bonds is 13. The Bertz CT molecular complexity index is 1920. The first kappa shape index (κ1) is 34.3. The number of amides is 3. The molecule has 0 saturated heterocycles. The Hall–Kier alpha value is -6.01. The van der Waals surface area contributed by atoms with E-state index in [4.69, 9.17) is 18.7 Å². The van der Waals surface area contributed by atoms with Crippen LogP contribution in [0.1, 0.15) is 32.5 Å². The Morgan fingerprint density at radius 1 is 0.796 bits per heavy atom. The van der Waals surface area contributed by atoms with E-state index in [0.29, 0.717) is 45.6 Å². The van der Waals surface area contributed by atoms with Crippen molar-refractivity contribution >= 4 is 47.1 Å². The predicted molar refractivity (Wildman–Crippen MR) is 188 cm³/mol. The molecule has 0 saturated carbocycles. The van der Waals surface area contributed by atoms with Gasteiger partial charge < -0.3 is 34.7 Å². The number of carbonyl (C=O) groups is 3. The molecule has 5 aromatic rings. The summed E-state index contributed by atoms with van der Waals surface area (Å²) in [5.74, 6) is 0.769. The zero-order valence-electron chi connectivity index (χ0n) is 27.2. The second kappa shape index (κ2) is 16.2. The molecule has 1 unspecified atom stereocenters. The lowest BCUT2D eigenvalue weighted by atomic mass is 10.1. The topological polar surface area (TPSA) is 141 Å². The molecule has 5 rings (SSSR count). The van der Waals surface area contributed by atoms with Gasteiger partial charge in [-0.25, -0.2) is 0 Å². The van der Waals surface area contributed by atoms with Crippen LogP contribution in [0.15, 0.2) is 118 Å². The minimum Gasteiger partial charge on any atom is -0.493 e. The van der Waals surface area contributed by atoms with Crippen molar-refractivity contribution in [3.63, 3.8) is 0 Å². The fourth-order valence-corrected chi connectivity index (χ4v) is 5.79. The van der Waals surface area contributed by atoms with Gasteiger partial charge in [0.15, 0.2) is 17.3 Å². The van der Waals surface area contributed by atoms with Crippen molar-refractivity contribution in [2.75, 3.05) is 32.0 Å². The fourth-order valence-electron chi connectivity index (χ4n) is 4.76. The maximum atomic E-state index is 13.7. The van der Waals surface area contributed by atoms with Crippen molar-refractivity contribution < 1.29 is 33.1 Å². The summed E-state index contributed by atoms with van der Waals surface area (Å²) < 4.78 is 21.4. The Labute approximate surface area is 287 Å². The maximum absolute atomic E-state index is 13.7. The summed E-state index contributed by atoms with van der Waals surface area (Å²) in [6, 6.07) is 30.0. The normalized spacial score (nSPS) is 11.6. The molecule has 49 heavy (non-hydrogen) atoms. The van der Waals surface area contributed by atoms with Crippen LogP contribution in [-0.2, 0) is 9.59 Å². The molecule has 11 nitrogen and oxygen atoms in total. The third-order valence-corrected chi connectivity index (χ3v) is 8.38. The highest BCUT2D eigenvalue weighted by Gasteiger charge is 2.24. The Morgan fingerprint density at radius 3 is 2.00 bits per heavy atom. The van der Waals surface area contributed by atoms with Crippen LogP contribution in [0, 0.1) is 6.92 Å². The van der Waals surface area contributed by atoms with Crippen LogP contribution in [0.25, 0.3) is 6.08 Å². The largest absolute Gasteiger partial charge is 0.493 e. The number of hydrogen-bond donors (Lipinski definition) is 3. The second-order valence-corrected chi connectivity index (χ2v) is 11.7. The first-order chi connectivity index (χ1) is 23.8. The van der Waals surface area contributed by atoms with Crippen molar-refractivity contribution in [1.29, 1.82) is 0 Å². The Balaban J connectivity index is 1.38. The molecule has 0 fully saturated rings. The predicted octanol–water partition coefficient (Wildman–Crippen LogP) is 6.89. The van der Waals surface area contributed by atoms with Gasteiger partial charge in [-0.15, -0.1) is 11.8 Å². The van der Waals surface area contributed by atoms with Crippen LogP contribution in [0.4, 0.5) is 11.5 Å². The summed E-state index contributed by atoms with van der Waals surface area (Å²) in [4.78, 5) is 40.9. The number of carbonyl (C=O) groups excluding carboxylic acids is 3. The van der Waals surface area contributed by atoms with Gasteiger partial charge >= 0.3 is 0 Å². The summed E-state index contributed by atoms with van der Waals surface area (Å²) in [5.41, 5.74) is 2.15. The number of aryl methyl sites for hydroxylation is 1. The lowest BCUT2D eigenvalue weighted by molar-refractivity contribution is -0.116. The number of nitrogens with one attached hydrogen (secondary N) is 3. The number of nitrogens with zero attached hydrogens (tertiary/aromatic N) is 1. The number of aromatic nitrogens is 1. The summed E-state index contributed by atoms with van der Waals surface area (Å²) in [5, 5.41) is 11.7. The van der Waals surface area contributed by atoms with Gasteiger partial charge in [-0.05, 0) is 72.7 Å². The maximum Gasteiger partial charge on any atom is 0.272 e. The van der Waals surface area contributed by atoms with Crippen LogP contribution in [0.5, 0.6) is 17.2 Å². The molecule has 4 aromatic carbocycles. The van der Waals surface area contributed by atoms with E-state index < -0.39 is 17.1 Å². The number of benzene rings is 4. The number of methoxy groups -OCH3 is 3. The van der Waals surface area contributed by atoms with Crippen LogP contribution >= 0.6 is 11.8 Å². The molecule has 0 spiro atoms. The van der Waals surface area contributed by atoms with E-state index >= 15 is 0 Å². The van der Waals surface area contributed by atoms with Crippen LogP contribution < -0.4 is 30.2 Å². The standard InChI is InChI=1S/C37H34N4O7S/c1-23-19-32(41-48-23)40-37(44)34(25-11-7-5-8-12-25)49-28-17-15-27(16-18-28)38-36(43)29(39-35(42)26-13-9-6-10-14-26)20-24-21-30(45-2)33(47-4)31(22-24)46-3/h5-22,34H,1-4H3,(H,38,43)(H,39,42)(H,40,41,44)/b29-20-. The zero-order chi connectivity index (χ0) is 34.8. The van der Waals surface area contributed by atoms with Gasteiger partial charge in [-0.1, -0.05) is 53.7 Å². The van der Waals surface area contributed by atoms with Crippen LogP contribution in [0.3, 0.4) is 0 Å². The van der Waals surface area contributed by atoms with E-state index in [1.165, 1.54) is 39.2 Å². The third kappa shape index (κ3) is 8.87. The van der Waals surface area contributed by atoms with Gasteiger partial charge in [0.25, 0.3) is 11.8 Å². The highest BCUT2D eigenvalue weighted by Crippen LogP contribution is 2.39. The van der Waals surface area contributed by atoms with Gasteiger partial charge in [-0.3, -0.25) is 14.4 Å². The molecule has 3 N–H and O–H groups in total. The summed E-state index contributed by atoms with van der Waals surface area (Å²) in [7, 11) is 4.47. The van der Waals surface area contributed by atoms with E-state index in [0.717, 1.165) is 10.5 Å². The van der Waals surface area contributed by atoms with Gasteiger partial charge in [0, 0.05) is 22.2 Å². The molecular formula is C37H34N4O7S. The number of hydrogen-bond acceptors (Lipinski definition) is 9. The summed E-state index contributed by atoms with van der Waals surface area (Å²) in [6.45, 7) is 1.75. The summed E-state index contributed by atoms with van der Waals surface area (Å²) in [6.07, 6.45) is 1.52. The number of ether oxygens (including phenoxy) is 3. The minimum atomic E-state index is -0.597. The monoisotopic (exact) mass is 678 g/mol. The molecule has 0 aliphatic heterocycles. The molecule has 3 amide bonds. The molecule has 0 radical (unpaired) electrons. The van der Waals surface area contributed by atoms with E-state index in [1.54, 1.807) is 79.7 Å². The third-order valence-electron chi connectivity index (χ3n) is 7.11. The smallest absolute Gasteiger partial charge is 0.272 e. The van der Waals surface area contributed by atoms with Crippen molar-refractivity contribution in [2.24, 2.45) is 0 Å². The lowest BCUT2D eigenvalue weighted by Crippen LogP contribution is -2.30. The highest BCUT2D eigenvalue weighted by molar-refractivity contribution is 8.00. The fraction of sp³-hybridized carbons (Fsp3) is 0.135. The van der Waals surface area contributed by atoms with Gasteiger partial charge in [0.2, 0.25) is 11.7 Å². The van der Waals surface area contributed by atoms with Crippen molar-refractivity contribution in [2.45, 2.75) is 17.1 Å². The van der Waals surface area contributed by atoms with Crippen LogP contribution in [0.2, 0.25) is 0 Å². The average Bonchev–Trinajstić information content (AvgIpc) is 3.54. The van der Waals surface area contributed by atoms with Crippen LogP contribution in [-0.4, -0.2) is 44.2 Å². The number of anilines is 2. The molecule has 0 aliphatic rings. The lowest BCUT2D eigenvalue weighted by Gasteiger charge is -2.17. The molecule has 0 bridgehead atoms. The average molecular weight is 679 g/mol. The van der Waals surface area contributed by atoms with E-state index in [9.17, 15) is 14.4 Å². The van der Waals surface area contributed by atoms with Crippen molar-refractivity contribution in [3.8, 4) is 17.2 Å².